The molecule has 4 N–H and O–H groups in total. The molecule has 1 rings (SSSR count). The minimum absolute atomic E-state index is 0.0472. The lowest BCUT2D eigenvalue weighted by molar-refractivity contribution is 0.281. The third-order valence-electron chi connectivity index (χ3n) is 1.89. The maximum Gasteiger partial charge on any atom is 0.153 e. The van der Waals surface area contributed by atoms with Gasteiger partial charge in [-0.3, -0.25) is 0 Å². The average molecular weight is 249 g/mol. The van der Waals surface area contributed by atoms with Crippen LogP contribution in [0.5, 0.6) is 0 Å². The highest BCUT2D eigenvalue weighted by Gasteiger charge is 2.16. The van der Waals surface area contributed by atoms with E-state index in [-0.39, 0.29) is 13.2 Å². The van der Waals surface area contributed by atoms with Crippen LogP contribution in [0.1, 0.15) is 0 Å². The Kier molecular flexibility index (Phi) is 5.16. The molecule has 0 saturated carbocycles. The van der Waals surface area contributed by atoms with Crippen LogP contribution in [0.15, 0.2) is 4.90 Å². The van der Waals surface area contributed by atoms with Gasteiger partial charge in [-0.15, -0.1) is 11.8 Å². The number of thioether (sulfide) groups is 1. The highest BCUT2D eigenvalue weighted by Crippen LogP contribution is 2.37. The van der Waals surface area contributed by atoms with Gasteiger partial charge in [-0.05, 0) is 17.8 Å². The highest BCUT2D eigenvalue weighted by atomic mass is 32.2. The summed E-state index contributed by atoms with van der Waals surface area (Å²) in [6.07, 6.45) is 1.93. The summed E-state index contributed by atoms with van der Waals surface area (Å²) in [4.78, 5) is 2.81. The van der Waals surface area contributed by atoms with E-state index in [9.17, 15) is 0 Å². The van der Waals surface area contributed by atoms with Gasteiger partial charge in [0.1, 0.15) is 5.00 Å². The zero-order valence-corrected chi connectivity index (χ0v) is 10.1. The summed E-state index contributed by atoms with van der Waals surface area (Å²) in [6.45, 7) is 1.06. The molecule has 1 heterocycles. The summed E-state index contributed by atoms with van der Waals surface area (Å²) >= 11 is 2.82. The number of anilines is 2. The van der Waals surface area contributed by atoms with E-state index < -0.39 is 0 Å². The van der Waals surface area contributed by atoms with E-state index in [4.69, 9.17) is 15.9 Å². The summed E-state index contributed by atoms with van der Waals surface area (Å²) < 4.78 is 4.07. The quantitative estimate of drug-likeness (QED) is 0.626. The van der Waals surface area contributed by atoms with Crippen LogP contribution in [0.2, 0.25) is 0 Å². The summed E-state index contributed by atoms with van der Waals surface area (Å²) in [5.41, 5.74) is 5.71. The van der Waals surface area contributed by atoms with Gasteiger partial charge < -0.3 is 20.8 Å². The number of hydrogen-bond acceptors (Lipinski definition) is 7. The maximum absolute atomic E-state index is 8.92. The zero-order valence-electron chi connectivity index (χ0n) is 8.51. The number of aromatic nitrogens is 1. The predicted octanol–water partition coefficient (Wildman–Crippen LogP) is 0.238. The molecule has 86 valence electrons. The molecule has 0 spiro atoms. The third kappa shape index (κ3) is 2.97. The van der Waals surface area contributed by atoms with E-state index in [1.165, 1.54) is 23.3 Å². The molecule has 0 aromatic carbocycles. The van der Waals surface area contributed by atoms with Gasteiger partial charge in [0.25, 0.3) is 0 Å². The molecule has 0 unspecified atom stereocenters. The predicted molar refractivity (Wildman–Crippen MR) is 64.7 cm³/mol. The van der Waals surface area contributed by atoms with Crippen LogP contribution >= 0.6 is 23.3 Å². The molecule has 0 fully saturated rings. The molecule has 1 aromatic rings. The van der Waals surface area contributed by atoms with E-state index in [2.05, 4.69) is 4.37 Å². The minimum Gasteiger partial charge on any atom is -0.395 e. The first-order valence-corrected chi connectivity index (χ1v) is 6.50. The fraction of sp³-hybridized carbons (Fsp3) is 0.625. The summed E-state index contributed by atoms with van der Waals surface area (Å²) in [6, 6.07) is 0. The van der Waals surface area contributed by atoms with Crippen molar-refractivity contribution in [3.8, 4) is 0 Å². The molecule has 0 radical (unpaired) electrons. The van der Waals surface area contributed by atoms with Gasteiger partial charge in [-0.2, -0.15) is 4.37 Å². The molecule has 0 aliphatic heterocycles. The number of nitrogens with two attached hydrogens (primary N) is 1. The number of rotatable bonds is 6. The molecule has 0 atom stereocenters. The molecule has 0 amide bonds. The van der Waals surface area contributed by atoms with Crippen LogP contribution in [0.25, 0.3) is 0 Å². The van der Waals surface area contributed by atoms with Crippen LogP contribution < -0.4 is 10.6 Å². The molecule has 0 aliphatic rings. The first-order chi connectivity index (χ1) is 7.24. The van der Waals surface area contributed by atoms with Crippen molar-refractivity contribution in [1.82, 2.24) is 4.37 Å². The standard InChI is InChI=1S/C8H15N3O2S2/c1-14-6-7(9)10-15-8(6)11(2-4-12)3-5-13/h12-13H,2-5H2,1H3,(H2,9,10). The van der Waals surface area contributed by atoms with Crippen molar-refractivity contribution in [2.45, 2.75) is 4.90 Å². The first kappa shape index (κ1) is 12.6. The second kappa shape index (κ2) is 6.16. The van der Waals surface area contributed by atoms with Gasteiger partial charge >= 0.3 is 0 Å². The van der Waals surface area contributed by atoms with E-state index >= 15 is 0 Å². The van der Waals surface area contributed by atoms with Gasteiger partial charge in [0, 0.05) is 13.1 Å². The van der Waals surface area contributed by atoms with Gasteiger partial charge in [-0.1, -0.05) is 0 Å². The second-order valence-corrected chi connectivity index (χ2v) is 4.41. The molecule has 0 bridgehead atoms. The van der Waals surface area contributed by atoms with E-state index in [1.807, 2.05) is 11.2 Å². The summed E-state index contributed by atoms with van der Waals surface area (Å²) in [7, 11) is 0. The Balaban J connectivity index is 2.88. The fourth-order valence-corrected chi connectivity index (χ4v) is 2.97. The number of nitrogen functional groups attached to an aromatic ring is 1. The van der Waals surface area contributed by atoms with Crippen LogP contribution in [-0.2, 0) is 0 Å². The lowest BCUT2D eigenvalue weighted by Crippen LogP contribution is -2.29. The fourth-order valence-electron chi connectivity index (χ4n) is 1.23. The molecular weight excluding hydrogens is 234 g/mol. The molecule has 1 aromatic heterocycles. The Morgan fingerprint density at radius 1 is 1.40 bits per heavy atom. The van der Waals surface area contributed by atoms with Crippen molar-refractivity contribution >= 4 is 34.1 Å². The van der Waals surface area contributed by atoms with Crippen molar-refractivity contribution in [2.24, 2.45) is 0 Å². The van der Waals surface area contributed by atoms with Crippen molar-refractivity contribution < 1.29 is 10.2 Å². The van der Waals surface area contributed by atoms with Crippen LogP contribution in [-0.4, -0.2) is 47.1 Å². The lowest BCUT2D eigenvalue weighted by Gasteiger charge is -2.21. The van der Waals surface area contributed by atoms with Crippen LogP contribution in [0.3, 0.4) is 0 Å². The van der Waals surface area contributed by atoms with Crippen molar-refractivity contribution in [3.05, 3.63) is 0 Å². The Labute approximate surface area is 97.1 Å². The summed E-state index contributed by atoms with van der Waals surface area (Å²) in [5.74, 6) is 0.517. The average Bonchev–Trinajstić information content (AvgIpc) is 2.59. The minimum atomic E-state index is 0.0472. The number of hydrogen-bond donors (Lipinski definition) is 3. The topological polar surface area (TPSA) is 82.6 Å². The molecule has 0 aliphatic carbocycles. The maximum atomic E-state index is 8.92. The van der Waals surface area contributed by atoms with Crippen LogP contribution in [0.4, 0.5) is 10.8 Å². The molecule has 15 heavy (non-hydrogen) atoms. The van der Waals surface area contributed by atoms with Gasteiger partial charge in [-0.25, -0.2) is 0 Å². The van der Waals surface area contributed by atoms with E-state index in [0.717, 1.165) is 9.90 Å². The molecule has 5 nitrogen and oxygen atoms in total. The van der Waals surface area contributed by atoms with Crippen molar-refractivity contribution in [2.75, 3.05) is 43.2 Å². The Hall–Kier alpha value is -0.500. The lowest BCUT2D eigenvalue weighted by atomic mass is 10.4. The van der Waals surface area contributed by atoms with Gasteiger partial charge in [0.2, 0.25) is 0 Å². The first-order valence-electron chi connectivity index (χ1n) is 4.50. The normalized spacial score (nSPS) is 10.6. The summed E-state index contributed by atoms with van der Waals surface area (Å²) in [5, 5.41) is 18.8. The van der Waals surface area contributed by atoms with Crippen LogP contribution in [0, 0.1) is 0 Å². The molecule has 0 saturated heterocycles. The number of aliphatic hydroxyl groups excluding tert-OH is 2. The smallest absolute Gasteiger partial charge is 0.153 e. The van der Waals surface area contributed by atoms with Crippen molar-refractivity contribution in [1.29, 1.82) is 0 Å². The van der Waals surface area contributed by atoms with E-state index in [1.54, 1.807) is 0 Å². The highest BCUT2D eigenvalue weighted by molar-refractivity contribution is 7.99. The van der Waals surface area contributed by atoms with Crippen molar-refractivity contribution in [3.63, 3.8) is 0 Å². The SMILES string of the molecule is CSc1c(N)nsc1N(CCO)CCO. The Bertz CT molecular complexity index is 300. The van der Waals surface area contributed by atoms with Gasteiger partial charge in [0.05, 0.1) is 18.1 Å². The Morgan fingerprint density at radius 3 is 2.47 bits per heavy atom. The number of aliphatic hydroxyl groups is 2. The van der Waals surface area contributed by atoms with Gasteiger partial charge in [0.15, 0.2) is 5.82 Å². The van der Waals surface area contributed by atoms with E-state index in [0.29, 0.717) is 18.9 Å². The third-order valence-corrected chi connectivity index (χ3v) is 3.75. The molecule has 7 heteroatoms. The molecular formula is C8H15N3O2S2. The Morgan fingerprint density at radius 2 is 2.00 bits per heavy atom. The monoisotopic (exact) mass is 249 g/mol. The number of nitrogens with zero attached hydrogens (tertiary/aromatic N) is 2. The zero-order chi connectivity index (χ0) is 11.3. The second-order valence-electron chi connectivity index (χ2n) is 2.84. The largest absolute Gasteiger partial charge is 0.395 e.